The Balaban J connectivity index is 1.68. The van der Waals surface area contributed by atoms with E-state index >= 15 is 0 Å². The number of urea groups is 1. The van der Waals surface area contributed by atoms with Crippen molar-refractivity contribution in [3.63, 3.8) is 0 Å². The Morgan fingerprint density at radius 1 is 1.05 bits per heavy atom. The molecule has 0 saturated carbocycles. The van der Waals surface area contributed by atoms with Gasteiger partial charge in [-0.25, -0.2) is 4.79 Å². The summed E-state index contributed by atoms with van der Waals surface area (Å²) in [6.45, 7) is 1.72. The van der Waals surface area contributed by atoms with Crippen LogP contribution in [0.1, 0.15) is 12.8 Å². The average molecular weight is 267 g/mol. The second-order valence-corrected chi connectivity index (χ2v) is 4.92. The summed E-state index contributed by atoms with van der Waals surface area (Å²) < 4.78 is 0. The lowest BCUT2D eigenvalue weighted by molar-refractivity contribution is 0.222. The number of benzene rings is 1. The van der Waals surface area contributed by atoms with E-state index in [1.165, 1.54) is 0 Å². The van der Waals surface area contributed by atoms with E-state index in [1.54, 1.807) is 6.20 Å². The number of pyridine rings is 1. The molecule has 1 saturated heterocycles. The molecule has 2 aromatic rings. The molecule has 4 heteroatoms. The van der Waals surface area contributed by atoms with E-state index < -0.39 is 0 Å². The van der Waals surface area contributed by atoms with Crippen LogP contribution in [0, 0.1) is 0 Å². The van der Waals surface area contributed by atoms with Crippen molar-refractivity contribution >= 4 is 11.7 Å². The first kappa shape index (κ1) is 12.7. The van der Waals surface area contributed by atoms with Crippen LogP contribution in [0.4, 0.5) is 10.5 Å². The molecule has 0 spiro atoms. The SMILES string of the molecule is O=C(Nc1ccc(-c2ccccn2)cc1)N1CCCC1. The predicted octanol–water partition coefficient (Wildman–Crippen LogP) is 3.38. The summed E-state index contributed by atoms with van der Waals surface area (Å²) in [4.78, 5) is 18.1. The number of hydrogen-bond acceptors (Lipinski definition) is 2. The highest BCUT2D eigenvalue weighted by molar-refractivity contribution is 5.89. The highest BCUT2D eigenvalue weighted by Gasteiger charge is 2.17. The van der Waals surface area contributed by atoms with Crippen LogP contribution in [0.5, 0.6) is 0 Å². The molecule has 2 heterocycles. The molecule has 2 amide bonds. The van der Waals surface area contributed by atoms with Gasteiger partial charge in [-0.2, -0.15) is 0 Å². The molecular formula is C16H17N3O. The highest BCUT2D eigenvalue weighted by Crippen LogP contribution is 2.19. The first-order chi connectivity index (χ1) is 9.83. The zero-order chi connectivity index (χ0) is 13.8. The number of rotatable bonds is 2. The number of nitrogens with one attached hydrogen (secondary N) is 1. The summed E-state index contributed by atoms with van der Waals surface area (Å²) in [5.41, 5.74) is 2.80. The van der Waals surface area contributed by atoms with Gasteiger partial charge in [-0.15, -0.1) is 0 Å². The molecule has 1 aromatic heterocycles. The van der Waals surface area contributed by atoms with Gasteiger partial charge in [-0.1, -0.05) is 18.2 Å². The van der Waals surface area contributed by atoms with Gasteiger partial charge >= 0.3 is 6.03 Å². The van der Waals surface area contributed by atoms with Crippen LogP contribution in [0.15, 0.2) is 48.7 Å². The normalized spacial score (nSPS) is 14.3. The molecule has 3 rings (SSSR count). The number of carbonyl (C=O) groups is 1. The van der Waals surface area contributed by atoms with Crippen LogP contribution < -0.4 is 5.32 Å². The van der Waals surface area contributed by atoms with Gasteiger partial charge < -0.3 is 10.2 Å². The van der Waals surface area contributed by atoms with E-state index in [9.17, 15) is 4.79 Å². The number of carbonyl (C=O) groups excluding carboxylic acids is 1. The number of likely N-dealkylation sites (tertiary alicyclic amines) is 1. The summed E-state index contributed by atoms with van der Waals surface area (Å²) in [5.74, 6) is 0. The molecular weight excluding hydrogens is 250 g/mol. The average Bonchev–Trinajstić information content (AvgIpc) is 3.03. The lowest BCUT2D eigenvalue weighted by Gasteiger charge is -2.16. The molecule has 1 aliphatic heterocycles. The van der Waals surface area contributed by atoms with Crippen molar-refractivity contribution in [2.45, 2.75) is 12.8 Å². The third-order valence-electron chi connectivity index (χ3n) is 3.49. The van der Waals surface area contributed by atoms with Gasteiger partial charge in [-0.05, 0) is 37.1 Å². The molecule has 0 aliphatic carbocycles. The molecule has 4 nitrogen and oxygen atoms in total. The van der Waals surface area contributed by atoms with Crippen molar-refractivity contribution in [3.05, 3.63) is 48.7 Å². The van der Waals surface area contributed by atoms with Crippen LogP contribution in [-0.2, 0) is 0 Å². The zero-order valence-corrected chi connectivity index (χ0v) is 11.2. The summed E-state index contributed by atoms with van der Waals surface area (Å²) in [6, 6.07) is 13.6. The zero-order valence-electron chi connectivity index (χ0n) is 11.2. The van der Waals surface area contributed by atoms with Crippen LogP contribution in [0.25, 0.3) is 11.3 Å². The number of aromatic nitrogens is 1. The third kappa shape index (κ3) is 2.79. The Morgan fingerprint density at radius 3 is 2.45 bits per heavy atom. The smallest absolute Gasteiger partial charge is 0.321 e. The predicted molar refractivity (Wildman–Crippen MR) is 79.5 cm³/mol. The Hall–Kier alpha value is -2.36. The second kappa shape index (κ2) is 5.74. The highest BCUT2D eigenvalue weighted by atomic mass is 16.2. The topological polar surface area (TPSA) is 45.2 Å². The minimum Gasteiger partial charge on any atom is -0.325 e. The molecule has 102 valence electrons. The lowest BCUT2D eigenvalue weighted by atomic mass is 10.1. The van der Waals surface area contributed by atoms with Crippen molar-refractivity contribution in [1.82, 2.24) is 9.88 Å². The molecule has 0 unspecified atom stereocenters. The molecule has 1 aliphatic rings. The summed E-state index contributed by atoms with van der Waals surface area (Å²) >= 11 is 0. The fourth-order valence-electron chi connectivity index (χ4n) is 2.38. The van der Waals surface area contributed by atoms with Gasteiger partial charge in [-0.3, -0.25) is 4.98 Å². The summed E-state index contributed by atoms with van der Waals surface area (Å²) in [6.07, 6.45) is 3.98. The monoisotopic (exact) mass is 267 g/mol. The number of nitrogens with zero attached hydrogens (tertiary/aromatic N) is 2. The van der Waals surface area contributed by atoms with Gasteiger partial charge in [0, 0.05) is 30.5 Å². The number of amides is 2. The minimum atomic E-state index is -0.00640. The maximum atomic E-state index is 12.0. The van der Waals surface area contributed by atoms with Crippen molar-refractivity contribution in [3.8, 4) is 11.3 Å². The Morgan fingerprint density at radius 2 is 1.80 bits per heavy atom. The minimum absolute atomic E-state index is 0.00640. The summed E-state index contributed by atoms with van der Waals surface area (Å²) in [5, 5.41) is 2.93. The molecule has 1 aromatic carbocycles. The van der Waals surface area contributed by atoms with E-state index in [4.69, 9.17) is 0 Å². The molecule has 0 bridgehead atoms. The fraction of sp³-hybridized carbons (Fsp3) is 0.250. The molecule has 20 heavy (non-hydrogen) atoms. The van der Waals surface area contributed by atoms with Crippen LogP contribution in [-0.4, -0.2) is 29.0 Å². The maximum absolute atomic E-state index is 12.0. The summed E-state index contributed by atoms with van der Waals surface area (Å²) in [7, 11) is 0. The Bertz CT molecular complexity index is 574. The van der Waals surface area contributed by atoms with Crippen LogP contribution in [0.2, 0.25) is 0 Å². The first-order valence-electron chi connectivity index (χ1n) is 6.90. The standard InChI is InChI=1S/C16H17N3O/c20-16(19-11-3-4-12-19)18-14-8-6-13(7-9-14)15-5-1-2-10-17-15/h1-2,5-10H,3-4,11-12H2,(H,18,20). The molecule has 1 N–H and O–H groups in total. The second-order valence-electron chi connectivity index (χ2n) is 4.92. The van der Waals surface area contributed by atoms with Crippen LogP contribution in [0.3, 0.4) is 0 Å². The van der Waals surface area contributed by atoms with Gasteiger partial charge in [0.2, 0.25) is 0 Å². The number of hydrogen-bond donors (Lipinski definition) is 1. The largest absolute Gasteiger partial charge is 0.325 e. The first-order valence-corrected chi connectivity index (χ1v) is 6.90. The quantitative estimate of drug-likeness (QED) is 0.906. The van der Waals surface area contributed by atoms with E-state index in [-0.39, 0.29) is 6.03 Å². The maximum Gasteiger partial charge on any atom is 0.321 e. The Labute approximate surface area is 118 Å². The Kier molecular flexibility index (Phi) is 3.63. The van der Waals surface area contributed by atoms with Crippen molar-refractivity contribution in [1.29, 1.82) is 0 Å². The van der Waals surface area contributed by atoms with Gasteiger partial charge in [0.1, 0.15) is 0 Å². The molecule has 0 atom stereocenters. The van der Waals surface area contributed by atoms with E-state index in [0.29, 0.717) is 0 Å². The van der Waals surface area contributed by atoms with E-state index in [0.717, 1.165) is 42.9 Å². The fourth-order valence-corrected chi connectivity index (χ4v) is 2.38. The van der Waals surface area contributed by atoms with E-state index in [1.807, 2.05) is 47.4 Å². The van der Waals surface area contributed by atoms with Crippen molar-refractivity contribution in [2.75, 3.05) is 18.4 Å². The lowest BCUT2D eigenvalue weighted by Crippen LogP contribution is -2.32. The van der Waals surface area contributed by atoms with Gasteiger partial charge in [0.25, 0.3) is 0 Å². The van der Waals surface area contributed by atoms with Crippen molar-refractivity contribution < 1.29 is 4.79 Å². The number of anilines is 1. The van der Waals surface area contributed by atoms with E-state index in [2.05, 4.69) is 10.3 Å². The van der Waals surface area contributed by atoms with Gasteiger partial charge in [0.05, 0.1) is 5.69 Å². The molecule has 1 fully saturated rings. The third-order valence-corrected chi connectivity index (χ3v) is 3.49. The molecule has 0 radical (unpaired) electrons. The van der Waals surface area contributed by atoms with Crippen molar-refractivity contribution in [2.24, 2.45) is 0 Å². The van der Waals surface area contributed by atoms with Gasteiger partial charge in [0.15, 0.2) is 0 Å². The van der Waals surface area contributed by atoms with Crippen LogP contribution >= 0.6 is 0 Å².